The lowest BCUT2D eigenvalue weighted by Gasteiger charge is -2.34. The van der Waals surface area contributed by atoms with Crippen molar-refractivity contribution >= 4 is 16.9 Å². The number of urea groups is 1. The number of benzene rings is 1. The molecule has 0 radical (unpaired) electrons. The Morgan fingerprint density at radius 2 is 1.89 bits per heavy atom. The molecule has 1 saturated carbocycles. The molecule has 2 amide bonds. The zero-order chi connectivity index (χ0) is 19.5. The van der Waals surface area contributed by atoms with Crippen LogP contribution in [-0.4, -0.2) is 45.9 Å². The van der Waals surface area contributed by atoms with Crippen LogP contribution in [0.2, 0.25) is 0 Å². The quantitative estimate of drug-likeness (QED) is 0.844. The average molecular weight is 385 g/mol. The molecule has 1 N–H and O–H groups in total. The molecule has 0 bridgehead atoms. The second-order valence-corrected chi connectivity index (χ2v) is 8.48. The van der Waals surface area contributed by atoms with Crippen molar-refractivity contribution in [3.8, 4) is 5.75 Å². The van der Waals surface area contributed by atoms with E-state index in [1.807, 2.05) is 31.0 Å². The molecule has 4 rings (SSSR count). The highest BCUT2D eigenvalue weighted by Crippen LogP contribution is 2.29. The second kappa shape index (κ2) is 8.41. The van der Waals surface area contributed by atoms with Gasteiger partial charge in [0.05, 0.1) is 23.9 Å². The molecule has 0 spiro atoms. The summed E-state index contributed by atoms with van der Waals surface area (Å²) in [5.74, 6) is 0.885. The molecular weight excluding hydrogens is 352 g/mol. The third-order valence-corrected chi connectivity index (χ3v) is 5.97. The summed E-state index contributed by atoms with van der Waals surface area (Å²) >= 11 is 0. The van der Waals surface area contributed by atoms with Crippen molar-refractivity contribution in [2.75, 3.05) is 13.1 Å². The second-order valence-electron chi connectivity index (χ2n) is 8.48. The van der Waals surface area contributed by atoms with Crippen molar-refractivity contribution in [2.45, 2.75) is 77.0 Å². The van der Waals surface area contributed by atoms with Gasteiger partial charge in [-0.1, -0.05) is 19.3 Å². The number of likely N-dealkylation sites (tertiary alicyclic amines) is 1. The summed E-state index contributed by atoms with van der Waals surface area (Å²) in [7, 11) is 0. The number of rotatable bonds is 4. The molecule has 1 saturated heterocycles. The number of amides is 2. The number of carbonyl (C=O) groups is 1. The minimum atomic E-state index is 0.117. The smallest absolute Gasteiger partial charge is 0.317 e. The number of fused-ring (bicyclic) bond motifs is 1. The zero-order valence-corrected chi connectivity index (χ0v) is 17.1. The molecule has 1 aliphatic carbocycles. The summed E-state index contributed by atoms with van der Waals surface area (Å²) < 4.78 is 7.92. The van der Waals surface area contributed by atoms with E-state index in [0.717, 1.165) is 55.4 Å². The summed E-state index contributed by atoms with van der Waals surface area (Å²) in [6.07, 6.45) is 10.0. The first-order valence-electron chi connectivity index (χ1n) is 10.8. The fraction of sp³-hybridized carbons (Fsp3) is 0.636. The van der Waals surface area contributed by atoms with Crippen molar-refractivity contribution in [1.29, 1.82) is 0 Å². The van der Waals surface area contributed by atoms with Crippen LogP contribution in [0.25, 0.3) is 10.9 Å². The molecule has 2 aromatic rings. The van der Waals surface area contributed by atoms with Crippen LogP contribution in [0.1, 0.15) is 64.8 Å². The minimum Gasteiger partial charge on any atom is -0.491 e. The van der Waals surface area contributed by atoms with Crippen LogP contribution in [-0.2, 0) is 0 Å². The number of ether oxygens (including phenoxy) is 1. The minimum absolute atomic E-state index is 0.117. The number of nitrogens with zero attached hydrogens (tertiary/aromatic N) is 3. The molecule has 2 fully saturated rings. The lowest BCUT2D eigenvalue weighted by Crippen LogP contribution is -2.48. The topological polar surface area (TPSA) is 59.4 Å². The molecule has 1 aliphatic heterocycles. The highest BCUT2D eigenvalue weighted by Gasteiger charge is 2.26. The van der Waals surface area contributed by atoms with Gasteiger partial charge in [0.2, 0.25) is 0 Å². The van der Waals surface area contributed by atoms with Crippen LogP contribution < -0.4 is 10.1 Å². The molecule has 28 heavy (non-hydrogen) atoms. The molecule has 1 aromatic heterocycles. The highest BCUT2D eigenvalue weighted by atomic mass is 16.5. The summed E-state index contributed by atoms with van der Waals surface area (Å²) in [4.78, 5) is 14.6. The summed E-state index contributed by atoms with van der Waals surface area (Å²) in [5, 5.41) is 8.99. The average Bonchev–Trinajstić information content (AvgIpc) is 3.11. The maximum Gasteiger partial charge on any atom is 0.317 e. The van der Waals surface area contributed by atoms with Crippen molar-refractivity contribution in [3.63, 3.8) is 0 Å². The number of hydrogen-bond donors (Lipinski definition) is 1. The van der Waals surface area contributed by atoms with Gasteiger partial charge < -0.3 is 15.0 Å². The largest absolute Gasteiger partial charge is 0.491 e. The maximum absolute atomic E-state index is 12.6. The van der Waals surface area contributed by atoms with Crippen LogP contribution in [0.3, 0.4) is 0 Å². The van der Waals surface area contributed by atoms with Crippen molar-refractivity contribution < 1.29 is 9.53 Å². The van der Waals surface area contributed by atoms with Crippen molar-refractivity contribution in [1.82, 2.24) is 20.0 Å². The molecule has 0 unspecified atom stereocenters. The summed E-state index contributed by atoms with van der Waals surface area (Å²) in [6, 6.07) is 7.01. The Bertz CT molecular complexity index is 802. The number of piperidine rings is 1. The molecule has 2 heterocycles. The molecule has 1 aromatic carbocycles. The Morgan fingerprint density at radius 1 is 1.14 bits per heavy atom. The first kappa shape index (κ1) is 19.1. The van der Waals surface area contributed by atoms with Crippen LogP contribution >= 0.6 is 0 Å². The molecule has 0 atom stereocenters. The van der Waals surface area contributed by atoms with E-state index in [0.29, 0.717) is 12.1 Å². The predicted molar refractivity (Wildman–Crippen MR) is 111 cm³/mol. The Hall–Kier alpha value is -2.24. The normalized spacial score (nSPS) is 19.3. The Labute approximate surface area is 167 Å². The van der Waals surface area contributed by atoms with Gasteiger partial charge in [0.1, 0.15) is 5.75 Å². The molecule has 6 nitrogen and oxygen atoms in total. The third-order valence-electron chi connectivity index (χ3n) is 5.97. The number of hydrogen-bond acceptors (Lipinski definition) is 3. The number of carbonyl (C=O) groups excluding carboxylic acids is 1. The van der Waals surface area contributed by atoms with Gasteiger partial charge in [-0.3, -0.25) is 4.68 Å². The first-order chi connectivity index (χ1) is 13.6. The van der Waals surface area contributed by atoms with Gasteiger partial charge in [-0.2, -0.15) is 5.10 Å². The molecule has 2 aliphatic rings. The fourth-order valence-electron chi connectivity index (χ4n) is 4.49. The standard InChI is InChI=1S/C22H32N4O2/c1-16(2)28-20-8-9-21-17(14-20)15-23-26(21)19-10-12-25(13-11-19)22(27)24-18-6-4-3-5-7-18/h8-9,14-16,18-19H,3-7,10-13H2,1-2H3,(H,24,27). The summed E-state index contributed by atoms with van der Waals surface area (Å²) in [5.41, 5.74) is 1.14. The van der Waals surface area contributed by atoms with E-state index in [2.05, 4.69) is 27.2 Å². The van der Waals surface area contributed by atoms with E-state index < -0.39 is 0 Å². The van der Waals surface area contributed by atoms with Gasteiger partial charge in [0.25, 0.3) is 0 Å². The predicted octanol–water partition coefficient (Wildman–Crippen LogP) is 4.50. The van der Waals surface area contributed by atoms with Crippen LogP contribution in [0.15, 0.2) is 24.4 Å². The SMILES string of the molecule is CC(C)Oc1ccc2c(cnn2C2CCN(C(=O)NC3CCCCC3)CC2)c1. The monoisotopic (exact) mass is 384 g/mol. The maximum atomic E-state index is 12.6. The van der Waals surface area contributed by atoms with Crippen LogP contribution in [0, 0.1) is 0 Å². The van der Waals surface area contributed by atoms with E-state index in [1.165, 1.54) is 19.3 Å². The van der Waals surface area contributed by atoms with Gasteiger partial charge in [0.15, 0.2) is 0 Å². The Morgan fingerprint density at radius 3 is 2.61 bits per heavy atom. The Kier molecular flexibility index (Phi) is 5.74. The molecule has 6 heteroatoms. The van der Waals surface area contributed by atoms with E-state index in [9.17, 15) is 4.79 Å². The van der Waals surface area contributed by atoms with Gasteiger partial charge in [-0.05, 0) is 57.7 Å². The molecule has 152 valence electrons. The lowest BCUT2D eigenvalue weighted by atomic mass is 9.95. The lowest BCUT2D eigenvalue weighted by molar-refractivity contribution is 0.164. The fourth-order valence-corrected chi connectivity index (χ4v) is 4.49. The molecular formula is C22H32N4O2. The van der Waals surface area contributed by atoms with Gasteiger partial charge >= 0.3 is 6.03 Å². The van der Waals surface area contributed by atoms with Crippen molar-refractivity contribution in [3.05, 3.63) is 24.4 Å². The van der Waals surface area contributed by atoms with Gasteiger partial charge in [0, 0.05) is 24.5 Å². The van der Waals surface area contributed by atoms with E-state index >= 15 is 0 Å². The number of aromatic nitrogens is 2. The highest BCUT2D eigenvalue weighted by molar-refractivity contribution is 5.80. The third kappa shape index (κ3) is 4.26. The van der Waals surface area contributed by atoms with Crippen LogP contribution in [0.4, 0.5) is 4.79 Å². The van der Waals surface area contributed by atoms with E-state index in [4.69, 9.17) is 4.74 Å². The first-order valence-corrected chi connectivity index (χ1v) is 10.8. The van der Waals surface area contributed by atoms with Crippen LogP contribution in [0.5, 0.6) is 5.75 Å². The Balaban J connectivity index is 1.36. The van der Waals surface area contributed by atoms with E-state index in [1.54, 1.807) is 0 Å². The van der Waals surface area contributed by atoms with E-state index in [-0.39, 0.29) is 12.1 Å². The van der Waals surface area contributed by atoms with Gasteiger partial charge in [-0.25, -0.2) is 4.79 Å². The van der Waals surface area contributed by atoms with Crippen molar-refractivity contribution in [2.24, 2.45) is 0 Å². The number of nitrogens with one attached hydrogen (secondary N) is 1. The van der Waals surface area contributed by atoms with Gasteiger partial charge in [-0.15, -0.1) is 0 Å². The zero-order valence-electron chi connectivity index (χ0n) is 17.1. The summed E-state index contributed by atoms with van der Waals surface area (Å²) in [6.45, 7) is 5.65.